The number of hydrogen-bond acceptors (Lipinski definition) is 2. The van der Waals surface area contributed by atoms with Gasteiger partial charge in [-0.15, -0.1) is 6.58 Å². The molecule has 0 atom stereocenters. The highest BCUT2D eigenvalue weighted by Crippen LogP contribution is 2.24. The van der Waals surface area contributed by atoms with Gasteiger partial charge in [-0.25, -0.2) is 17.6 Å². The van der Waals surface area contributed by atoms with Crippen LogP contribution in [0.5, 0.6) is 11.5 Å². The lowest BCUT2D eigenvalue weighted by molar-refractivity contribution is 0.382. The Morgan fingerprint density at radius 2 is 1.38 bits per heavy atom. The quantitative estimate of drug-likeness (QED) is 0.382. The van der Waals surface area contributed by atoms with E-state index >= 15 is 0 Å². The summed E-state index contributed by atoms with van der Waals surface area (Å²) in [6.07, 6.45) is 1.83. The molecule has 0 amide bonds. The van der Waals surface area contributed by atoms with Crippen molar-refractivity contribution in [3.8, 4) is 11.5 Å². The van der Waals surface area contributed by atoms with Crippen molar-refractivity contribution in [3.05, 3.63) is 70.2 Å². The maximum Gasteiger partial charge on any atom is 0.166 e. The number of benzene rings is 2. The number of allylic oxidation sites excluding steroid dienone is 1. The Morgan fingerprint density at radius 1 is 0.875 bits per heavy atom. The molecule has 0 fully saturated rings. The molecule has 0 saturated heterocycles. The summed E-state index contributed by atoms with van der Waals surface area (Å²) in [5.41, 5.74) is 0.285. The van der Waals surface area contributed by atoms with E-state index in [-0.39, 0.29) is 21.5 Å². The van der Waals surface area contributed by atoms with Crippen LogP contribution in [0.25, 0.3) is 0 Å². The molecule has 0 aromatic heterocycles. The highest BCUT2D eigenvalue weighted by molar-refractivity contribution is 9.10. The van der Waals surface area contributed by atoms with Crippen molar-refractivity contribution < 1.29 is 27.0 Å². The molecule has 7 heteroatoms. The van der Waals surface area contributed by atoms with E-state index in [1.165, 1.54) is 20.3 Å². The van der Waals surface area contributed by atoms with Crippen LogP contribution in [-0.4, -0.2) is 14.2 Å². The Kier molecular flexibility index (Phi) is 7.78. The van der Waals surface area contributed by atoms with Crippen molar-refractivity contribution in [2.45, 2.75) is 6.42 Å². The fourth-order valence-electron chi connectivity index (χ4n) is 1.70. The summed E-state index contributed by atoms with van der Waals surface area (Å²) in [6, 6.07) is 4.16. The average Bonchev–Trinajstić information content (AvgIpc) is 2.55. The Morgan fingerprint density at radius 3 is 1.88 bits per heavy atom. The van der Waals surface area contributed by atoms with Gasteiger partial charge in [-0.05, 0) is 40.0 Å². The van der Waals surface area contributed by atoms with Crippen LogP contribution in [0.1, 0.15) is 5.56 Å². The third kappa shape index (κ3) is 5.26. The molecule has 0 aliphatic heterocycles. The van der Waals surface area contributed by atoms with Gasteiger partial charge in [0.05, 0.1) is 18.7 Å². The second-order valence-corrected chi connectivity index (χ2v) is 5.33. The van der Waals surface area contributed by atoms with Crippen molar-refractivity contribution in [3.63, 3.8) is 0 Å². The zero-order valence-electron chi connectivity index (χ0n) is 13.0. The first kappa shape index (κ1) is 20.0. The summed E-state index contributed by atoms with van der Waals surface area (Å²) in [4.78, 5) is 0. The lowest BCUT2D eigenvalue weighted by atomic mass is 10.1. The summed E-state index contributed by atoms with van der Waals surface area (Å²) in [6.45, 7) is 3.45. The van der Waals surface area contributed by atoms with E-state index in [1.54, 1.807) is 0 Å². The molecule has 0 spiro atoms. The van der Waals surface area contributed by atoms with Crippen LogP contribution in [0.2, 0.25) is 0 Å². The predicted molar refractivity (Wildman–Crippen MR) is 87.4 cm³/mol. The normalized spacial score (nSPS) is 9.79. The monoisotopic (exact) mass is 406 g/mol. The van der Waals surface area contributed by atoms with Gasteiger partial charge in [0.15, 0.2) is 23.1 Å². The van der Waals surface area contributed by atoms with Gasteiger partial charge in [-0.2, -0.15) is 0 Å². The van der Waals surface area contributed by atoms with Crippen molar-refractivity contribution >= 4 is 15.9 Å². The van der Waals surface area contributed by atoms with Crippen molar-refractivity contribution in [1.29, 1.82) is 0 Å². The van der Waals surface area contributed by atoms with Gasteiger partial charge in [0.25, 0.3) is 0 Å². The van der Waals surface area contributed by atoms with Crippen molar-refractivity contribution in [2.75, 3.05) is 14.2 Å². The van der Waals surface area contributed by atoms with E-state index in [4.69, 9.17) is 0 Å². The van der Waals surface area contributed by atoms with Gasteiger partial charge < -0.3 is 9.47 Å². The van der Waals surface area contributed by atoms with Gasteiger partial charge in [-0.3, -0.25) is 0 Å². The largest absolute Gasteiger partial charge is 0.494 e. The van der Waals surface area contributed by atoms with Gasteiger partial charge in [0, 0.05) is 12.1 Å². The van der Waals surface area contributed by atoms with Crippen LogP contribution in [0, 0.1) is 23.3 Å². The summed E-state index contributed by atoms with van der Waals surface area (Å²) in [7, 11) is 2.58. The van der Waals surface area contributed by atoms with Crippen LogP contribution in [-0.2, 0) is 6.42 Å². The summed E-state index contributed by atoms with van der Waals surface area (Å²) in [5, 5.41) is 0. The SMILES string of the molecule is C=CCc1cc(F)c(OC)cc1F.COc1cc(F)c(Br)cc1F. The van der Waals surface area contributed by atoms with Crippen LogP contribution >= 0.6 is 15.9 Å². The molecule has 0 aliphatic rings. The Bertz CT molecular complexity index is 720. The Hall–Kier alpha value is -2.02. The first-order valence-electron chi connectivity index (χ1n) is 6.65. The second kappa shape index (κ2) is 9.32. The Balaban J connectivity index is 0.000000243. The van der Waals surface area contributed by atoms with E-state index in [0.717, 1.165) is 24.3 Å². The maximum absolute atomic E-state index is 13.1. The molecule has 2 aromatic rings. The molecule has 0 aliphatic carbocycles. The molecule has 2 nitrogen and oxygen atoms in total. The first-order valence-corrected chi connectivity index (χ1v) is 7.44. The molecule has 2 aromatic carbocycles. The van der Waals surface area contributed by atoms with E-state index in [0.29, 0.717) is 6.42 Å². The fraction of sp³-hybridized carbons (Fsp3) is 0.176. The van der Waals surface area contributed by atoms with E-state index in [1.807, 2.05) is 0 Å². The first-order chi connectivity index (χ1) is 11.3. The summed E-state index contributed by atoms with van der Waals surface area (Å²) in [5.74, 6) is -2.32. The van der Waals surface area contributed by atoms with E-state index in [9.17, 15) is 17.6 Å². The molecule has 130 valence electrons. The second-order valence-electron chi connectivity index (χ2n) is 4.47. The molecule has 2 rings (SSSR count). The number of rotatable bonds is 4. The molecule has 0 unspecified atom stereocenters. The van der Waals surface area contributed by atoms with Gasteiger partial charge in [0.2, 0.25) is 0 Å². The van der Waals surface area contributed by atoms with Gasteiger partial charge in [0.1, 0.15) is 11.6 Å². The number of methoxy groups -OCH3 is 2. The summed E-state index contributed by atoms with van der Waals surface area (Å²) >= 11 is 2.84. The molecule has 0 heterocycles. The highest BCUT2D eigenvalue weighted by atomic mass is 79.9. The predicted octanol–water partition coefficient (Wildman–Crippen LogP) is 5.44. The lowest BCUT2D eigenvalue weighted by Gasteiger charge is -2.04. The number of hydrogen-bond donors (Lipinski definition) is 0. The zero-order chi connectivity index (χ0) is 18.3. The van der Waals surface area contributed by atoms with Gasteiger partial charge >= 0.3 is 0 Å². The smallest absolute Gasteiger partial charge is 0.166 e. The lowest BCUT2D eigenvalue weighted by Crippen LogP contribution is -1.94. The Labute approximate surface area is 145 Å². The van der Waals surface area contributed by atoms with Crippen LogP contribution in [0.4, 0.5) is 17.6 Å². The minimum atomic E-state index is -0.583. The maximum atomic E-state index is 13.1. The van der Waals surface area contributed by atoms with E-state index < -0.39 is 23.3 Å². The van der Waals surface area contributed by atoms with Gasteiger partial charge in [-0.1, -0.05) is 6.08 Å². The zero-order valence-corrected chi connectivity index (χ0v) is 14.6. The molecule has 24 heavy (non-hydrogen) atoms. The fourth-order valence-corrected chi connectivity index (χ4v) is 2.01. The minimum Gasteiger partial charge on any atom is -0.494 e. The van der Waals surface area contributed by atoms with Crippen LogP contribution < -0.4 is 9.47 Å². The van der Waals surface area contributed by atoms with Crippen molar-refractivity contribution in [1.82, 2.24) is 0 Å². The average molecular weight is 407 g/mol. The summed E-state index contributed by atoms with van der Waals surface area (Å²) < 4.78 is 60.8. The van der Waals surface area contributed by atoms with Crippen molar-refractivity contribution in [2.24, 2.45) is 0 Å². The van der Waals surface area contributed by atoms with Crippen LogP contribution in [0.3, 0.4) is 0 Å². The molecule has 0 radical (unpaired) electrons. The molecule has 0 saturated carbocycles. The standard InChI is InChI=1S/C10H10F2O.C7H5BrF2O/c1-3-4-7-5-9(12)10(13-2)6-8(7)11;1-11-7-3-5(9)4(8)2-6(7)10/h3,5-6H,1,4H2,2H3;2-3H,1H3. The molecular formula is C17H15BrF4O2. The third-order valence-electron chi connectivity index (χ3n) is 2.88. The third-order valence-corrected chi connectivity index (χ3v) is 3.49. The number of ether oxygens (including phenoxy) is 2. The number of halogens is 5. The molecular weight excluding hydrogens is 392 g/mol. The van der Waals surface area contributed by atoms with E-state index in [2.05, 4.69) is 32.0 Å². The topological polar surface area (TPSA) is 18.5 Å². The molecule has 0 N–H and O–H groups in total. The molecule has 0 bridgehead atoms. The van der Waals surface area contributed by atoms with Crippen LogP contribution in [0.15, 0.2) is 41.4 Å². The highest BCUT2D eigenvalue weighted by Gasteiger charge is 2.09. The minimum absolute atomic E-state index is 0.0784.